The maximum atomic E-state index is 9.16. The molecule has 1 aromatic rings. The zero-order chi connectivity index (χ0) is 9.84. The van der Waals surface area contributed by atoms with E-state index in [2.05, 4.69) is 18.9 Å². The molecule has 0 spiro atoms. The van der Waals surface area contributed by atoms with Crippen molar-refractivity contribution in [2.24, 2.45) is 5.92 Å². The number of aromatic nitrogens is 2. The molecule has 0 unspecified atom stereocenters. The van der Waals surface area contributed by atoms with Crippen LogP contribution in [0, 0.1) is 5.92 Å². The summed E-state index contributed by atoms with van der Waals surface area (Å²) in [5.41, 5.74) is 1.11. The smallest absolute Gasteiger partial charge is 0.0553 e. The molecule has 13 heavy (non-hydrogen) atoms. The van der Waals surface area contributed by atoms with E-state index in [1.807, 2.05) is 17.1 Å². The first-order chi connectivity index (χ1) is 6.08. The Labute approximate surface area is 79.4 Å². The van der Waals surface area contributed by atoms with E-state index < -0.39 is 0 Å². The number of nitrogens with zero attached hydrogens (tertiary/aromatic N) is 2. The molecule has 1 atom stereocenters. The third-order valence-corrected chi connectivity index (χ3v) is 1.77. The van der Waals surface area contributed by atoms with E-state index in [0.717, 1.165) is 12.1 Å². The fourth-order valence-corrected chi connectivity index (χ4v) is 1.33. The van der Waals surface area contributed by atoms with Gasteiger partial charge in [-0.3, -0.25) is 4.68 Å². The summed E-state index contributed by atoms with van der Waals surface area (Å²) >= 11 is 0. The molecule has 3 heteroatoms. The molecule has 0 saturated heterocycles. The maximum absolute atomic E-state index is 9.16. The van der Waals surface area contributed by atoms with Crippen molar-refractivity contribution in [2.45, 2.75) is 39.8 Å². The highest BCUT2D eigenvalue weighted by atomic mass is 16.3. The lowest BCUT2D eigenvalue weighted by Crippen LogP contribution is -2.05. The number of aliphatic hydroxyl groups is 1. The first-order valence-corrected chi connectivity index (χ1v) is 4.77. The van der Waals surface area contributed by atoms with E-state index in [9.17, 15) is 0 Å². The Hall–Kier alpha value is -0.830. The lowest BCUT2D eigenvalue weighted by Gasteiger charge is -2.03. The normalized spacial score (nSPS) is 13.6. The van der Waals surface area contributed by atoms with Gasteiger partial charge in [-0.2, -0.15) is 5.10 Å². The minimum absolute atomic E-state index is 0.281. The minimum atomic E-state index is -0.281. The molecule has 0 fully saturated rings. The second-order valence-corrected chi connectivity index (χ2v) is 4.02. The Morgan fingerprint density at radius 3 is 2.69 bits per heavy atom. The van der Waals surface area contributed by atoms with Crippen LogP contribution >= 0.6 is 0 Å². The van der Waals surface area contributed by atoms with Crippen molar-refractivity contribution in [1.29, 1.82) is 0 Å². The van der Waals surface area contributed by atoms with Gasteiger partial charge in [-0.25, -0.2) is 0 Å². The molecule has 3 nitrogen and oxygen atoms in total. The van der Waals surface area contributed by atoms with E-state index >= 15 is 0 Å². The number of rotatable bonds is 4. The van der Waals surface area contributed by atoms with Crippen LogP contribution in [-0.4, -0.2) is 21.0 Å². The van der Waals surface area contributed by atoms with Gasteiger partial charge in [-0.1, -0.05) is 13.8 Å². The number of hydrogen-bond acceptors (Lipinski definition) is 2. The predicted octanol–water partition coefficient (Wildman–Crippen LogP) is 1.46. The molecule has 0 aliphatic carbocycles. The zero-order valence-electron chi connectivity index (χ0n) is 8.57. The van der Waals surface area contributed by atoms with Crippen LogP contribution in [0.3, 0.4) is 0 Å². The van der Waals surface area contributed by atoms with E-state index in [-0.39, 0.29) is 6.10 Å². The molecule has 1 rings (SSSR count). The van der Waals surface area contributed by atoms with E-state index in [1.165, 1.54) is 0 Å². The van der Waals surface area contributed by atoms with Crippen LogP contribution in [0.5, 0.6) is 0 Å². The highest BCUT2D eigenvalue weighted by Crippen LogP contribution is 2.04. The highest BCUT2D eigenvalue weighted by molar-refractivity contribution is 5.04. The van der Waals surface area contributed by atoms with Crippen LogP contribution in [0.2, 0.25) is 0 Å². The van der Waals surface area contributed by atoms with Crippen LogP contribution < -0.4 is 0 Å². The first kappa shape index (κ1) is 10.3. The number of aliphatic hydroxyl groups excluding tert-OH is 1. The summed E-state index contributed by atoms with van der Waals surface area (Å²) in [4.78, 5) is 0. The van der Waals surface area contributed by atoms with Crippen LogP contribution in [0.15, 0.2) is 12.4 Å². The van der Waals surface area contributed by atoms with Crippen molar-refractivity contribution in [3.05, 3.63) is 18.0 Å². The molecule has 0 radical (unpaired) electrons. The van der Waals surface area contributed by atoms with Gasteiger partial charge in [0.25, 0.3) is 0 Å². The molecule has 1 aromatic heterocycles. The molecule has 74 valence electrons. The summed E-state index contributed by atoms with van der Waals surface area (Å²) in [6, 6.07) is 0. The Kier molecular flexibility index (Phi) is 3.48. The van der Waals surface area contributed by atoms with Gasteiger partial charge in [0.05, 0.1) is 12.3 Å². The van der Waals surface area contributed by atoms with Crippen molar-refractivity contribution < 1.29 is 5.11 Å². The molecule has 0 bridgehead atoms. The standard InChI is InChI=1S/C10H18N2O/c1-8(2)6-12-7-10(5-11-12)4-9(3)13/h5,7-9,13H,4,6H2,1-3H3/t9-/m1/s1. The summed E-state index contributed by atoms with van der Waals surface area (Å²) in [6.07, 6.45) is 4.25. The van der Waals surface area contributed by atoms with Crippen LogP contribution in [0.1, 0.15) is 26.3 Å². The monoisotopic (exact) mass is 182 g/mol. The molecule has 0 aromatic carbocycles. The second-order valence-electron chi connectivity index (χ2n) is 4.02. The van der Waals surface area contributed by atoms with Crippen molar-refractivity contribution in [2.75, 3.05) is 0 Å². The van der Waals surface area contributed by atoms with Gasteiger partial charge in [-0.05, 0) is 18.4 Å². The summed E-state index contributed by atoms with van der Waals surface area (Å²) < 4.78 is 1.93. The lowest BCUT2D eigenvalue weighted by molar-refractivity contribution is 0.195. The molecule has 0 amide bonds. The van der Waals surface area contributed by atoms with Crippen molar-refractivity contribution in [3.8, 4) is 0 Å². The summed E-state index contributed by atoms with van der Waals surface area (Å²) in [5, 5.41) is 13.4. The summed E-state index contributed by atoms with van der Waals surface area (Å²) in [7, 11) is 0. The Bertz CT molecular complexity index is 229. The lowest BCUT2D eigenvalue weighted by atomic mass is 10.2. The Morgan fingerprint density at radius 1 is 1.46 bits per heavy atom. The molecule has 0 aliphatic heterocycles. The van der Waals surface area contributed by atoms with E-state index in [0.29, 0.717) is 12.3 Å². The minimum Gasteiger partial charge on any atom is -0.393 e. The topological polar surface area (TPSA) is 38.0 Å². The second kappa shape index (κ2) is 4.42. The van der Waals surface area contributed by atoms with E-state index in [4.69, 9.17) is 5.11 Å². The largest absolute Gasteiger partial charge is 0.393 e. The van der Waals surface area contributed by atoms with Crippen molar-refractivity contribution in [3.63, 3.8) is 0 Å². The van der Waals surface area contributed by atoms with Gasteiger partial charge in [0.1, 0.15) is 0 Å². The van der Waals surface area contributed by atoms with Crippen LogP contribution in [0.25, 0.3) is 0 Å². The Balaban J connectivity index is 2.53. The SMILES string of the molecule is CC(C)Cn1cc(C[C@@H](C)O)cn1. The van der Waals surface area contributed by atoms with E-state index in [1.54, 1.807) is 6.92 Å². The van der Waals surface area contributed by atoms with Gasteiger partial charge in [0.2, 0.25) is 0 Å². The highest BCUT2D eigenvalue weighted by Gasteiger charge is 2.03. The summed E-state index contributed by atoms with van der Waals surface area (Å²) in [5.74, 6) is 0.610. The average Bonchev–Trinajstić information content (AvgIpc) is 2.33. The fraction of sp³-hybridized carbons (Fsp3) is 0.700. The molecule has 1 N–H and O–H groups in total. The average molecular weight is 182 g/mol. The number of hydrogen-bond donors (Lipinski definition) is 1. The Morgan fingerprint density at radius 2 is 2.15 bits per heavy atom. The van der Waals surface area contributed by atoms with Crippen molar-refractivity contribution >= 4 is 0 Å². The fourth-order valence-electron chi connectivity index (χ4n) is 1.33. The van der Waals surface area contributed by atoms with Crippen molar-refractivity contribution in [1.82, 2.24) is 9.78 Å². The quantitative estimate of drug-likeness (QED) is 0.765. The maximum Gasteiger partial charge on any atom is 0.0553 e. The molecule has 1 heterocycles. The predicted molar refractivity (Wildman–Crippen MR) is 52.4 cm³/mol. The molecular formula is C10H18N2O. The molecular weight excluding hydrogens is 164 g/mol. The third-order valence-electron chi connectivity index (χ3n) is 1.77. The zero-order valence-corrected chi connectivity index (χ0v) is 8.57. The van der Waals surface area contributed by atoms with Gasteiger partial charge in [0, 0.05) is 19.2 Å². The molecule has 0 saturated carbocycles. The van der Waals surface area contributed by atoms with Gasteiger partial charge in [0.15, 0.2) is 0 Å². The third kappa shape index (κ3) is 3.59. The van der Waals surface area contributed by atoms with Gasteiger partial charge < -0.3 is 5.11 Å². The van der Waals surface area contributed by atoms with Crippen LogP contribution in [0.4, 0.5) is 0 Å². The van der Waals surface area contributed by atoms with Gasteiger partial charge in [-0.15, -0.1) is 0 Å². The molecule has 0 aliphatic rings. The first-order valence-electron chi connectivity index (χ1n) is 4.77. The summed E-state index contributed by atoms with van der Waals surface area (Å²) in [6.45, 7) is 7.06. The van der Waals surface area contributed by atoms with Gasteiger partial charge >= 0.3 is 0 Å². The van der Waals surface area contributed by atoms with Crippen LogP contribution in [-0.2, 0) is 13.0 Å².